The van der Waals surface area contributed by atoms with Gasteiger partial charge >= 0.3 is 0 Å². The summed E-state index contributed by atoms with van der Waals surface area (Å²) in [7, 11) is 2.18. The summed E-state index contributed by atoms with van der Waals surface area (Å²) in [4.78, 5) is 2.38. The summed E-state index contributed by atoms with van der Waals surface area (Å²) in [5, 5.41) is 3.38. The van der Waals surface area contributed by atoms with E-state index >= 15 is 0 Å². The highest BCUT2D eigenvalue weighted by Gasteiger charge is 2.08. The number of rotatable bonds is 6. The molecule has 1 unspecified atom stereocenters. The van der Waals surface area contributed by atoms with Crippen LogP contribution in [-0.4, -0.2) is 31.1 Å². The van der Waals surface area contributed by atoms with Gasteiger partial charge in [-0.05, 0) is 33.0 Å². The number of hydrogen-bond donors (Lipinski definition) is 1. The topological polar surface area (TPSA) is 15.3 Å². The first-order chi connectivity index (χ1) is 7.63. The Bertz CT molecular complexity index is 292. The maximum atomic E-state index is 3.38. The van der Waals surface area contributed by atoms with Crippen LogP contribution in [0, 0.1) is 6.92 Å². The van der Waals surface area contributed by atoms with Crippen LogP contribution in [0.5, 0.6) is 0 Å². The Morgan fingerprint density at radius 1 is 1.25 bits per heavy atom. The van der Waals surface area contributed by atoms with Crippen molar-refractivity contribution in [2.75, 3.05) is 20.1 Å². The van der Waals surface area contributed by atoms with Crippen molar-refractivity contribution in [2.24, 2.45) is 0 Å². The summed E-state index contributed by atoms with van der Waals surface area (Å²) >= 11 is 0. The first kappa shape index (κ1) is 13.2. The lowest BCUT2D eigenvalue weighted by Gasteiger charge is -2.25. The van der Waals surface area contributed by atoms with E-state index in [9.17, 15) is 0 Å². The van der Waals surface area contributed by atoms with Crippen molar-refractivity contribution in [3.63, 3.8) is 0 Å². The molecule has 0 amide bonds. The maximum Gasteiger partial charge on any atom is 0.0234 e. The molecule has 0 aromatic heterocycles. The fourth-order valence-electron chi connectivity index (χ4n) is 1.65. The lowest BCUT2D eigenvalue weighted by molar-refractivity contribution is 0.244. The normalized spacial score (nSPS) is 13.1. The van der Waals surface area contributed by atoms with Crippen LogP contribution in [0.1, 0.15) is 25.0 Å². The van der Waals surface area contributed by atoms with E-state index in [4.69, 9.17) is 0 Å². The van der Waals surface area contributed by atoms with Gasteiger partial charge in [-0.2, -0.15) is 0 Å². The van der Waals surface area contributed by atoms with Crippen molar-refractivity contribution in [3.8, 4) is 0 Å². The molecule has 0 aliphatic carbocycles. The van der Waals surface area contributed by atoms with Gasteiger partial charge in [0.15, 0.2) is 0 Å². The van der Waals surface area contributed by atoms with Gasteiger partial charge in [-0.25, -0.2) is 0 Å². The zero-order valence-corrected chi connectivity index (χ0v) is 11.0. The van der Waals surface area contributed by atoms with Crippen LogP contribution >= 0.6 is 0 Å². The fraction of sp³-hybridized carbons (Fsp3) is 0.571. The molecule has 1 aromatic rings. The minimum atomic E-state index is 0.571. The lowest BCUT2D eigenvalue weighted by Crippen LogP contribution is -2.37. The van der Waals surface area contributed by atoms with Crippen LogP contribution in [0.25, 0.3) is 0 Å². The maximum absolute atomic E-state index is 3.38. The van der Waals surface area contributed by atoms with Gasteiger partial charge in [-0.1, -0.05) is 36.8 Å². The Labute approximate surface area is 99.7 Å². The van der Waals surface area contributed by atoms with Gasteiger partial charge in [0.2, 0.25) is 0 Å². The molecule has 2 heteroatoms. The molecule has 0 aliphatic rings. The zero-order valence-electron chi connectivity index (χ0n) is 11.0. The third kappa shape index (κ3) is 4.33. The first-order valence-corrected chi connectivity index (χ1v) is 6.10. The summed E-state index contributed by atoms with van der Waals surface area (Å²) in [6.45, 7) is 9.65. The van der Waals surface area contributed by atoms with Gasteiger partial charge in [0.25, 0.3) is 0 Å². The predicted octanol–water partition coefficient (Wildman–Crippen LogP) is 2.42. The minimum Gasteiger partial charge on any atom is -0.315 e. The molecule has 2 nitrogen and oxygen atoms in total. The smallest absolute Gasteiger partial charge is 0.0234 e. The Morgan fingerprint density at radius 3 is 2.44 bits per heavy atom. The van der Waals surface area contributed by atoms with E-state index in [1.807, 2.05) is 0 Å². The molecule has 1 N–H and O–H groups in total. The van der Waals surface area contributed by atoms with Crippen molar-refractivity contribution in [3.05, 3.63) is 35.4 Å². The molecule has 0 heterocycles. The molecule has 16 heavy (non-hydrogen) atoms. The van der Waals surface area contributed by atoms with Crippen LogP contribution in [0.3, 0.4) is 0 Å². The summed E-state index contributed by atoms with van der Waals surface area (Å²) in [6.07, 6.45) is 0. The summed E-state index contributed by atoms with van der Waals surface area (Å²) in [6, 6.07) is 9.36. The molecule has 0 radical (unpaired) electrons. The predicted molar refractivity (Wildman–Crippen MR) is 70.7 cm³/mol. The van der Waals surface area contributed by atoms with E-state index in [1.165, 1.54) is 11.1 Å². The number of nitrogens with zero attached hydrogens (tertiary/aromatic N) is 1. The van der Waals surface area contributed by atoms with Gasteiger partial charge in [0, 0.05) is 19.1 Å². The van der Waals surface area contributed by atoms with Gasteiger partial charge in [-0.3, -0.25) is 4.90 Å². The van der Waals surface area contributed by atoms with Crippen molar-refractivity contribution in [1.82, 2.24) is 10.2 Å². The fourth-order valence-corrected chi connectivity index (χ4v) is 1.65. The molecule has 0 saturated heterocycles. The van der Waals surface area contributed by atoms with Crippen molar-refractivity contribution >= 4 is 0 Å². The Hall–Kier alpha value is -0.860. The van der Waals surface area contributed by atoms with Crippen molar-refractivity contribution < 1.29 is 0 Å². The van der Waals surface area contributed by atoms with E-state index in [0.29, 0.717) is 6.04 Å². The average molecular weight is 220 g/mol. The third-order valence-electron chi connectivity index (χ3n) is 2.99. The van der Waals surface area contributed by atoms with Gasteiger partial charge < -0.3 is 5.32 Å². The van der Waals surface area contributed by atoms with E-state index in [-0.39, 0.29) is 0 Å². The standard InChI is InChI=1S/C14H24N2/c1-5-15-10-13(3)16(4)11-14-8-6-12(2)7-9-14/h6-9,13,15H,5,10-11H2,1-4H3. The highest BCUT2D eigenvalue weighted by Crippen LogP contribution is 2.07. The SMILES string of the molecule is CCNCC(C)N(C)Cc1ccc(C)cc1. The molecule has 0 bridgehead atoms. The second kappa shape index (κ2) is 6.66. The van der Waals surface area contributed by atoms with Gasteiger partial charge in [-0.15, -0.1) is 0 Å². The first-order valence-electron chi connectivity index (χ1n) is 6.10. The largest absolute Gasteiger partial charge is 0.315 e. The Balaban J connectivity index is 2.43. The average Bonchev–Trinajstić information content (AvgIpc) is 2.29. The number of likely N-dealkylation sites (N-methyl/N-ethyl adjacent to an activating group) is 2. The number of nitrogens with one attached hydrogen (secondary N) is 1. The highest BCUT2D eigenvalue weighted by atomic mass is 15.1. The molecule has 1 aromatic carbocycles. The third-order valence-corrected chi connectivity index (χ3v) is 2.99. The molecular weight excluding hydrogens is 196 g/mol. The molecule has 1 atom stereocenters. The Kier molecular flexibility index (Phi) is 5.50. The minimum absolute atomic E-state index is 0.571. The summed E-state index contributed by atoms with van der Waals surface area (Å²) in [5.74, 6) is 0. The summed E-state index contributed by atoms with van der Waals surface area (Å²) < 4.78 is 0. The van der Waals surface area contributed by atoms with E-state index in [2.05, 4.69) is 62.3 Å². The van der Waals surface area contributed by atoms with Crippen molar-refractivity contribution in [2.45, 2.75) is 33.4 Å². The van der Waals surface area contributed by atoms with Crippen LogP contribution in [0.2, 0.25) is 0 Å². The molecule has 0 fully saturated rings. The second-order valence-corrected chi connectivity index (χ2v) is 4.56. The number of aryl methyl sites for hydroxylation is 1. The van der Waals surface area contributed by atoms with E-state index in [1.54, 1.807) is 0 Å². The highest BCUT2D eigenvalue weighted by molar-refractivity contribution is 5.21. The van der Waals surface area contributed by atoms with Crippen LogP contribution in [0.4, 0.5) is 0 Å². The molecule has 0 saturated carbocycles. The molecule has 90 valence electrons. The van der Waals surface area contributed by atoms with Gasteiger partial charge in [0.1, 0.15) is 0 Å². The lowest BCUT2D eigenvalue weighted by atomic mass is 10.1. The quantitative estimate of drug-likeness (QED) is 0.792. The Morgan fingerprint density at radius 2 is 1.88 bits per heavy atom. The van der Waals surface area contributed by atoms with Crippen LogP contribution in [-0.2, 0) is 6.54 Å². The van der Waals surface area contributed by atoms with E-state index in [0.717, 1.165) is 19.6 Å². The molecule has 0 aliphatic heterocycles. The van der Waals surface area contributed by atoms with Crippen LogP contribution in [0.15, 0.2) is 24.3 Å². The zero-order chi connectivity index (χ0) is 12.0. The summed E-state index contributed by atoms with van der Waals surface area (Å²) in [5.41, 5.74) is 2.71. The van der Waals surface area contributed by atoms with E-state index < -0.39 is 0 Å². The number of benzene rings is 1. The molecular formula is C14H24N2. The second-order valence-electron chi connectivity index (χ2n) is 4.56. The monoisotopic (exact) mass is 220 g/mol. The molecule has 1 rings (SSSR count). The van der Waals surface area contributed by atoms with Crippen molar-refractivity contribution in [1.29, 1.82) is 0 Å². The van der Waals surface area contributed by atoms with Crippen LogP contribution < -0.4 is 5.32 Å². The molecule has 0 spiro atoms. The van der Waals surface area contributed by atoms with Gasteiger partial charge in [0.05, 0.1) is 0 Å². The number of hydrogen-bond acceptors (Lipinski definition) is 2.